The van der Waals surface area contributed by atoms with Crippen molar-refractivity contribution in [2.75, 3.05) is 24.5 Å². The fraction of sp³-hybridized carbons (Fsp3) is 0.769. The van der Waals surface area contributed by atoms with E-state index in [1.54, 1.807) is 0 Å². The SMILES string of the molecule is CCc1nn(C)cc1N1CCNC(CC)CC1. The predicted octanol–water partition coefficient (Wildman–Crippen LogP) is 1.56. The fourth-order valence-electron chi connectivity index (χ4n) is 2.56. The summed E-state index contributed by atoms with van der Waals surface area (Å²) in [7, 11) is 2.01. The summed E-state index contributed by atoms with van der Waals surface area (Å²) in [4.78, 5) is 2.48. The number of nitrogens with one attached hydrogen (secondary N) is 1. The second-order valence-electron chi connectivity index (χ2n) is 4.82. The highest BCUT2D eigenvalue weighted by Gasteiger charge is 2.18. The van der Waals surface area contributed by atoms with Crippen LogP contribution in [0.2, 0.25) is 0 Å². The van der Waals surface area contributed by atoms with Crippen LogP contribution in [0.15, 0.2) is 6.20 Å². The first kappa shape index (κ1) is 12.4. The Kier molecular flexibility index (Phi) is 4.05. The monoisotopic (exact) mass is 236 g/mol. The molecule has 0 radical (unpaired) electrons. The van der Waals surface area contributed by atoms with Crippen molar-refractivity contribution in [3.8, 4) is 0 Å². The second kappa shape index (κ2) is 5.54. The van der Waals surface area contributed by atoms with E-state index in [9.17, 15) is 0 Å². The van der Waals surface area contributed by atoms with E-state index in [4.69, 9.17) is 0 Å². The van der Waals surface area contributed by atoms with Gasteiger partial charge in [0.25, 0.3) is 0 Å². The topological polar surface area (TPSA) is 33.1 Å². The molecule has 0 bridgehead atoms. The minimum absolute atomic E-state index is 0.682. The van der Waals surface area contributed by atoms with Gasteiger partial charge in [-0.25, -0.2) is 0 Å². The summed E-state index contributed by atoms with van der Waals surface area (Å²) in [6, 6.07) is 0.682. The van der Waals surface area contributed by atoms with E-state index in [1.807, 2.05) is 11.7 Å². The molecule has 0 amide bonds. The molecule has 1 atom stereocenters. The molecule has 1 aliphatic rings. The molecule has 4 nitrogen and oxygen atoms in total. The Bertz CT molecular complexity index is 358. The molecule has 0 aliphatic carbocycles. The Balaban J connectivity index is 2.10. The van der Waals surface area contributed by atoms with E-state index in [0.29, 0.717) is 6.04 Å². The maximum absolute atomic E-state index is 4.53. The minimum atomic E-state index is 0.682. The predicted molar refractivity (Wildman–Crippen MR) is 71.5 cm³/mol. The third-order valence-corrected chi connectivity index (χ3v) is 3.61. The molecule has 1 aromatic rings. The molecular weight excluding hydrogens is 212 g/mol. The highest BCUT2D eigenvalue weighted by molar-refractivity contribution is 5.49. The van der Waals surface area contributed by atoms with Gasteiger partial charge in [-0.15, -0.1) is 0 Å². The quantitative estimate of drug-likeness (QED) is 0.864. The van der Waals surface area contributed by atoms with Crippen molar-refractivity contribution in [3.05, 3.63) is 11.9 Å². The van der Waals surface area contributed by atoms with E-state index in [0.717, 1.165) is 26.1 Å². The van der Waals surface area contributed by atoms with Crippen LogP contribution in [0.4, 0.5) is 5.69 Å². The number of aryl methyl sites for hydroxylation is 2. The van der Waals surface area contributed by atoms with Gasteiger partial charge < -0.3 is 10.2 Å². The molecule has 0 spiro atoms. The fourth-order valence-corrected chi connectivity index (χ4v) is 2.56. The van der Waals surface area contributed by atoms with Crippen LogP contribution < -0.4 is 10.2 Å². The molecule has 17 heavy (non-hydrogen) atoms. The summed E-state index contributed by atoms with van der Waals surface area (Å²) in [6.07, 6.45) is 5.62. The van der Waals surface area contributed by atoms with Gasteiger partial charge in [-0.05, 0) is 19.3 Å². The van der Waals surface area contributed by atoms with Crippen molar-refractivity contribution >= 4 is 5.69 Å². The van der Waals surface area contributed by atoms with Crippen LogP contribution in [-0.4, -0.2) is 35.5 Å². The highest BCUT2D eigenvalue weighted by atomic mass is 15.3. The van der Waals surface area contributed by atoms with Gasteiger partial charge in [0.15, 0.2) is 0 Å². The third kappa shape index (κ3) is 2.80. The van der Waals surface area contributed by atoms with Gasteiger partial charge in [-0.2, -0.15) is 5.10 Å². The van der Waals surface area contributed by atoms with Crippen molar-refractivity contribution in [2.24, 2.45) is 7.05 Å². The van der Waals surface area contributed by atoms with Gasteiger partial charge in [0.05, 0.1) is 11.4 Å². The van der Waals surface area contributed by atoms with Crippen LogP contribution in [-0.2, 0) is 13.5 Å². The maximum atomic E-state index is 4.53. The van der Waals surface area contributed by atoms with Gasteiger partial charge in [-0.3, -0.25) is 4.68 Å². The molecule has 0 aromatic carbocycles. The molecule has 1 saturated heterocycles. The lowest BCUT2D eigenvalue weighted by molar-refractivity contribution is 0.510. The van der Waals surface area contributed by atoms with Crippen LogP contribution in [0.25, 0.3) is 0 Å². The van der Waals surface area contributed by atoms with Gasteiger partial charge in [0.2, 0.25) is 0 Å². The van der Waals surface area contributed by atoms with Crippen LogP contribution >= 0.6 is 0 Å². The molecule has 1 aromatic heterocycles. The van der Waals surface area contributed by atoms with E-state index < -0.39 is 0 Å². The summed E-state index contributed by atoms with van der Waals surface area (Å²) in [5.74, 6) is 0. The molecular formula is C13H24N4. The minimum Gasteiger partial charge on any atom is -0.367 e. The smallest absolute Gasteiger partial charge is 0.0855 e. The van der Waals surface area contributed by atoms with Gasteiger partial charge in [0.1, 0.15) is 0 Å². The summed E-state index contributed by atoms with van der Waals surface area (Å²) in [6.45, 7) is 7.75. The first-order valence-corrected chi connectivity index (χ1v) is 6.75. The summed E-state index contributed by atoms with van der Waals surface area (Å²) in [5, 5.41) is 8.14. The zero-order valence-electron chi connectivity index (χ0n) is 11.2. The van der Waals surface area contributed by atoms with Crippen LogP contribution in [0.5, 0.6) is 0 Å². The normalized spacial score (nSPS) is 21.6. The van der Waals surface area contributed by atoms with Crippen molar-refractivity contribution < 1.29 is 0 Å². The highest BCUT2D eigenvalue weighted by Crippen LogP contribution is 2.21. The molecule has 2 rings (SSSR count). The van der Waals surface area contributed by atoms with Gasteiger partial charge in [-0.1, -0.05) is 13.8 Å². The van der Waals surface area contributed by atoms with E-state index in [1.165, 1.54) is 24.2 Å². The Hall–Kier alpha value is -1.03. The average Bonchev–Trinajstić information content (AvgIpc) is 2.58. The first-order valence-electron chi connectivity index (χ1n) is 6.75. The summed E-state index contributed by atoms with van der Waals surface area (Å²) < 4.78 is 1.93. The first-order chi connectivity index (χ1) is 8.24. The van der Waals surface area contributed by atoms with Crippen LogP contribution in [0.3, 0.4) is 0 Å². The Labute approximate surface area is 104 Å². The number of hydrogen-bond donors (Lipinski definition) is 1. The Morgan fingerprint density at radius 1 is 1.41 bits per heavy atom. The number of aromatic nitrogens is 2. The average molecular weight is 236 g/mol. The molecule has 2 heterocycles. The van der Waals surface area contributed by atoms with E-state index >= 15 is 0 Å². The van der Waals surface area contributed by atoms with Crippen molar-refractivity contribution in [1.82, 2.24) is 15.1 Å². The Morgan fingerprint density at radius 3 is 2.94 bits per heavy atom. The summed E-state index contributed by atoms with van der Waals surface area (Å²) >= 11 is 0. The Morgan fingerprint density at radius 2 is 2.24 bits per heavy atom. The van der Waals surface area contributed by atoms with E-state index in [2.05, 4.69) is 35.4 Å². The van der Waals surface area contributed by atoms with E-state index in [-0.39, 0.29) is 0 Å². The van der Waals surface area contributed by atoms with Crippen LogP contribution in [0, 0.1) is 0 Å². The number of rotatable bonds is 3. The third-order valence-electron chi connectivity index (χ3n) is 3.61. The zero-order valence-corrected chi connectivity index (χ0v) is 11.2. The molecule has 1 aliphatic heterocycles. The van der Waals surface area contributed by atoms with Gasteiger partial charge in [0, 0.05) is 38.9 Å². The molecule has 1 fully saturated rings. The number of hydrogen-bond acceptors (Lipinski definition) is 3. The zero-order chi connectivity index (χ0) is 12.3. The lowest BCUT2D eigenvalue weighted by Gasteiger charge is -2.21. The molecule has 96 valence electrons. The largest absolute Gasteiger partial charge is 0.367 e. The molecule has 0 saturated carbocycles. The lowest BCUT2D eigenvalue weighted by Crippen LogP contribution is -2.30. The van der Waals surface area contributed by atoms with Crippen molar-refractivity contribution in [3.63, 3.8) is 0 Å². The van der Waals surface area contributed by atoms with Crippen molar-refractivity contribution in [2.45, 2.75) is 39.2 Å². The molecule has 4 heteroatoms. The number of anilines is 1. The standard InChI is InChI=1S/C13H24N4/c1-4-11-6-8-17(9-7-14-11)13-10-16(3)15-12(13)5-2/h10-11,14H,4-9H2,1-3H3. The van der Waals surface area contributed by atoms with Crippen LogP contribution in [0.1, 0.15) is 32.4 Å². The second-order valence-corrected chi connectivity index (χ2v) is 4.82. The molecule has 1 N–H and O–H groups in total. The van der Waals surface area contributed by atoms with Crippen molar-refractivity contribution in [1.29, 1.82) is 0 Å². The maximum Gasteiger partial charge on any atom is 0.0855 e. The van der Waals surface area contributed by atoms with Gasteiger partial charge >= 0.3 is 0 Å². The number of nitrogens with zero attached hydrogens (tertiary/aromatic N) is 3. The summed E-state index contributed by atoms with van der Waals surface area (Å²) in [5.41, 5.74) is 2.55. The molecule has 1 unspecified atom stereocenters. The lowest BCUT2D eigenvalue weighted by atomic mass is 10.1.